The van der Waals surface area contributed by atoms with Crippen LogP contribution in [0.4, 0.5) is 16.2 Å². The maximum atomic E-state index is 13.8. The van der Waals surface area contributed by atoms with Gasteiger partial charge in [0.25, 0.3) is 9.70 Å². The Morgan fingerprint density at radius 3 is 2.38 bits per heavy atom. The van der Waals surface area contributed by atoms with Gasteiger partial charge in [0.1, 0.15) is 12.4 Å². The SMILES string of the molecule is O=C(Nc1ccccc1)N(CC1=C[C@@](Cc2ccccc2)(NC(=O)C(Cl)(Cl)Cl)CC1)c1cccc(OCCN2CCOCC2)c1. The number of alkyl halides is 3. The molecule has 0 saturated carbocycles. The minimum Gasteiger partial charge on any atom is -0.492 e. The van der Waals surface area contributed by atoms with E-state index in [1.54, 1.807) is 4.90 Å². The zero-order valence-electron chi connectivity index (χ0n) is 24.9. The largest absolute Gasteiger partial charge is 0.492 e. The summed E-state index contributed by atoms with van der Waals surface area (Å²) in [7, 11) is 0. The number of benzene rings is 3. The van der Waals surface area contributed by atoms with Crippen molar-refractivity contribution in [2.24, 2.45) is 0 Å². The molecule has 3 aromatic carbocycles. The van der Waals surface area contributed by atoms with E-state index in [1.165, 1.54) is 0 Å². The van der Waals surface area contributed by atoms with Crippen molar-refractivity contribution in [1.29, 1.82) is 0 Å². The highest BCUT2D eigenvalue weighted by Crippen LogP contribution is 2.36. The highest BCUT2D eigenvalue weighted by Gasteiger charge is 2.41. The third-order valence-corrected chi connectivity index (χ3v) is 8.41. The third-order valence-electron chi connectivity index (χ3n) is 7.90. The van der Waals surface area contributed by atoms with Crippen LogP contribution >= 0.6 is 34.8 Å². The Hall–Kier alpha value is -3.27. The lowest BCUT2D eigenvalue weighted by molar-refractivity contribution is -0.121. The number of anilines is 2. The van der Waals surface area contributed by atoms with Crippen molar-refractivity contribution in [3.8, 4) is 5.75 Å². The molecule has 3 amide bonds. The minimum absolute atomic E-state index is 0.288. The summed E-state index contributed by atoms with van der Waals surface area (Å²) in [6, 6.07) is 26.4. The van der Waals surface area contributed by atoms with Crippen LogP contribution in [0.3, 0.4) is 0 Å². The van der Waals surface area contributed by atoms with Crippen molar-refractivity contribution in [2.75, 3.05) is 56.2 Å². The number of urea groups is 1. The van der Waals surface area contributed by atoms with E-state index in [2.05, 4.69) is 15.5 Å². The average Bonchev–Trinajstić information content (AvgIpc) is 3.42. The van der Waals surface area contributed by atoms with Crippen molar-refractivity contribution in [3.05, 3.63) is 102 Å². The predicted octanol–water partition coefficient (Wildman–Crippen LogP) is 6.62. The summed E-state index contributed by atoms with van der Waals surface area (Å²) in [5.41, 5.74) is 2.57. The summed E-state index contributed by atoms with van der Waals surface area (Å²) < 4.78 is 9.43. The Bertz CT molecular complexity index is 1460. The number of halogens is 3. The Morgan fingerprint density at radius 2 is 1.67 bits per heavy atom. The number of amides is 3. The van der Waals surface area contributed by atoms with E-state index in [1.807, 2.05) is 91.0 Å². The zero-order valence-corrected chi connectivity index (χ0v) is 27.2. The molecule has 5 rings (SSSR count). The first-order chi connectivity index (χ1) is 21.7. The van der Waals surface area contributed by atoms with Crippen LogP contribution in [0, 0.1) is 0 Å². The average molecular weight is 672 g/mol. The second-order valence-corrected chi connectivity index (χ2v) is 13.5. The first-order valence-corrected chi connectivity index (χ1v) is 16.1. The molecule has 1 aliphatic carbocycles. The van der Waals surface area contributed by atoms with Crippen molar-refractivity contribution >= 4 is 58.1 Å². The number of carbonyl (C=O) groups excluding carboxylic acids is 2. The Balaban J connectivity index is 1.38. The van der Waals surface area contributed by atoms with Gasteiger partial charge in [0.05, 0.1) is 18.8 Å². The molecule has 1 heterocycles. The summed E-state index contributed by atoms with van der Waals surface area (Å²) in [5, 5.41) is 6.00. The van der Waals surface area contributed by atoms with Gasteiger partial charge in [-0.1, -0.05) is 101 Å². The lowest BCUT2D eigenvalue weighted by atomic mass is 9.90. The van der Waals surface area contributed by atoms with Crippen LogP contribution in [0.15, 0.2) is 96.6 Å². The molecular weight excluding hydrogens is 635 g/mol. The van der Waals surface area contributed by atoms with Crippen molar-refractivity contribution in [1.82, 2.24) is 10.2 Å². The van der Waals surface area contributed by atoms with E-state index >= 15 is 0 Å². The van der Waals surface area contributed by atoms with Crippen molar-refractivity contribution in [2.45, 2.75) is 28.6 Å². The fourth-order valence-corrected chi connectivity index (χ4v) is 5.78. The molecule has 238 valence electrons. The summed E-state index contributed by atoms with van der Waals surface area (Å²) in [6.45, 7) is 4.85. The number of nitrogens with one attached hydrogen (secondary N) is 2. The van der Waals surface area contributed by atoms with Gasteiger partial charge in [0, 0.05) is 43.6 Å². The van der Waals surface area contributed by atoms with E-state index in [-0.39, 0.29) is 12.6 Å². The first-order valence-electron chi connectivity index (χ1n) is 15.0. The number of hydrogen-bond acceptors (Lipinski definition) is 5. The van der Waals surface area contributed by atoms with Gasteiger partial charge in [-0.15, -0.1) is 0 Å². The number of para-hydroxylation sites is 1. The van der Waals surface area contributed by atoms with Crippen LogP contribution in [-0.4, -0.2) is 72.2 Å². The number of ether oxygens (including phenoxy) is 2. The maximum Gasteiger partial charge on any atom is 0.326 e. The van der Waals surface area contributed by atoms with Gasteiger partial charge in [0.15, 0.2) is 0 Å². The molecule has 0 bridgehead atoms. The van der Waals surface area contributed by atoms with E-state index in [0.29, 0.717) is 43.0 Å². The molecular formula is C34H37Cl3N4O4. The molecule has 0 radical (unpaired) electrons. The fraction of sp³-hybridized carbons (Fsp3) is 0.353. The van der Waals surface area contributed by atoms with Crippen molar-refractivity contribution in [3.63, 3.8) is 0 Å². The van der Waals surface area contributed by atoms with Crippen LogP contribution in [-0.2, 0) is 16.0 Å². The molecule has 11 heteroatoms. The molecule has 1 aliphatic heterocycles. The highest BCUT2D eigenvalue weighted by atomic mass is 35.6. The van der Waals surface area contributed by atoms with Gasteiger partial charge >= 0.3 is 6.03 Å². The molecule has 0 unspecified atom stereocenters. The molecule has 8 nitrogen and oxygen atoms in total. The molecule has 2 aliphatic rings. The van der Waals surface area contributed by atoms with Gasteiger partial charge in [0.2, 0.25) is 0 Å². The Kier molecular flexibility index (Phi) is 11.3. The van der Waals surface area contributed by atoms with Gasteiger partial charge in [-0.25, -0.2) is 4.79 Å². The molecule has 1 saturated heterocycles. The number of hydrogen-bond donors (Lipinski definition) is 2. The smallest absolute Gasteiger partial charge is 0.326 e. The fourth-order valence-electron chi connectivity index (χ4n) is 5.64. The number of nitrogens with zero attached hydrogens (tertiary/aromatic N) is 2. The van der Waals surface area contributed by atoms with E-state index in [9.17, 15) is 9.59 Å². The zero-order chi connectivity index (χ0) is 31.7. The lowest BCUT2D eigenvalue weighted by Gasteiger charge is -2.30. The van der Waals surface area contributed by atoms with Gasteiger partial charge in [-0.2, -0.15) is 0 Å². The highest BCUT2D eigenvalue weighted by molar-refractivity contribution is 6.76. The second-order valence-electron chi connectivity index (χ2n) is 11.3. The number of carbonyl (C=O) groups is 2. The molecule has 1 atom stereocenters. The quantitative estimate of drug-likeness (QED) is 0.177. The van der Waals surface area contributed by atoms with Crippen LogP contribution in [0.5, 0.6) is 5.75 Å². The molecule has 1 fully saturated rings. The molecule has 45 heavy (non-hydrogen) atoms. The summed E-state index contributed by atoms with van der Waals surface area (Å²) in [4.78, 5) is 30.7. The summed E-state index contributed by atoms with van der Waals surface area (Å²) in [5.74, 6) is -0.0198. The monoisotopic (exact) mass is 670 g/mol. The third kappa shape index (κ3) is 9.61. The van der Waals surface area contributed by atoms with E-state index < -0.39 is 15.2 Å². The normalized spacial score (nSPS) is 18.6. The lowest BCUT2D eigenvalue weighted by Crippen LogP contribution is -2.51. The number of rotatable bonds is 11. The Labute approximate surface area is 279 Å². The van der Waals surface area contributed by atoms with E-state index in [4.69, 9.17) is 44.3 Å². The molecule has 0 spiro atoms. The molecule has 0 aromatic heterocycles. The first kappa shape index (κ1) is 33.1. The van der Waals surface area contributed by atoms with Gasteiger partial charge < -0.3 is 20.1 Å². The van der Waals surface area contributed by atoms with Crippen LogP contribution in [0.1, 0.15) is 18.4 Å². The van der Waals surface area contributed by atoms with Crippen molar-refractivity contribution < 1.29 is 19.1 Å². The maximum absolute atomic E-state index is 13.8. The van der Waals surface area contributed by atoms with Crippen LogP contribution < -0.4 is 20.3 Å². The topological polar surface area (TPSA) is 83.1 Å². The number of morpholine rings is 1. The molecule has 2 N–H and O–H groups in total. The standard InChI is InChI=1S/C34H37Cl3N4O4/c35-34(36,37)31(42)39-33(23-26-8-3-1-4-9-26)15-14-27(24-33)25-41(32(43)38-28-10-5-2-6-11-28)29-12-7-13-30(22-29)45-21-18-40-16-19-44-20-17-40/h1-13,22,24H,14-21,23,25H2,(H,38,43)(H,39,42)/t33-/m1/s1. The summed E-state index contributed by atoms with van der Waals surface area (Å²) >= 11 is 17.9. The molecule has 3 aromatic rings. The predicted molar refractivity (Wildman–Crippen MR) is 181 cm³/mol. The second kappa shape index (κ2) is 15.3. The van der Waals surface area contributed by atoms with Crippen LogP contribution in [0.2, 0.25) is 0 Å². The summed E-state index contributed by atoms with van der Waals surface area (Å²) in [6.07, 6.45) is 3.74. The van der Waals surface area contributed by atoms with E-state index in [0.717, 1.165) is 44.0 Å². The minimum atomic E-state index is -2.11. The Morgan fingerprint density at radius 1 is 0.956 bits per heavy atom. The van der Waals surface area contributed by atoms with Gasteiger partial charge in [-0.05, 0) is 49.1 Å². The van der Waals surface area contributed by atoms with Crippen LogP contribution in [0.25, 0.3) is 0 Å². The van der Waals surface area contributed by atoms with Gasteiger partial charge in [-0.3, -0.25) is 14.6 Å².